The van der Waals surface area contributed by atoms with Crippen molar-refractivity contribution in [1.82, 2.24) is 15.1 Å². The molecule has 1 aromatic carbocycles. The number of hydrogen-bond acceptors (Lipinski definition) is 5. The van der Waals surface area contributed by atoms with Crippen molar-refractivity contribution < 1.29 is 18.7 Å². The summed E-state index contributed by atoms with van der Waals surface area (Å²) in [5, 5.41) is 4.94. The van der Waals surface area contributed by atoms with Gasteiger partial charge in [0.25, 0.3) is 0 Å². The lowest BCUT2D eigenvalue weighted by Gasteiger charge is -2.28. The minimum atomic E-state index is -0.351. The van der Waals surface area contributed by atoms with E-state index in [4.69, 9.17) is 4.74 Å². The third-order valence-electron chi connectivity index (χ3n) is 4.52. The smallest absolute Gasteiger partial charge is 0.236 e. The maximum Gasteiger partial charge on any atom is 0.236 e. The van der Waals surface area contributed by atoms with E-state index in [1.807, 2.05) is 17.5 Å². The third-order valence-corrected chi connectivity index (χ3v) is 5.46. The number of morpholine rings is 1. The molecule has 1 aromatic heterocycles. The molecule has 6 nitrogen and oxygen atoms in total. The molecule has 0 bridgehead atoms. The monoisotopic (exact) mass is 405 g/mol. The fourth-order valence-corrected chi connectivity index (χ4v) is 3.88. The Bertz CT molecular complexity index is 777. The minimum absolute atomic E-state index is 0.00746. The minimum Gasteiger partial charge on any atom is -0.378 e. The quantitative estimate of drug-likeness (QED) is 0.764. The first-order valence-corrected chi connectivity index (χ1v) is 10.0. The first-order valence-electron chi connectivity index (χ1n) is 9.15. The molecule has 1 unspecified atom stereocenters. The van der Waals surface area contributed by atoms with E-state index in [-0.39, 0.29) is 36.8 Å². The Kier molecular flexibility index (Phi) is 7.13. The van der Waals surface area contributed by atoms with Crippen molar-refractivity contribution in [3.63, 3.8) is 0 Å². The van der Waals surface area contributed by atoms with Gasteiger partial charge in [0.05, 0.1) is 32.3 Å². The summed E-state index contributed by atoms with van der Waals surface area (Å²) in [5.41, 5.74) is 0.809. The molecule has 1 fully saturated rings. The van der Waals surface area contributed by atoms with Crippen LogP contribution < -0.4 is 5.32 Å². The molecule has 2 heterocycles. The van der Waals surface area contributed by atoms with Crippen LogP contribution in [-0.2, 0) is 14.3 Å². The van der Waals surface area contributed by atoms with E-state index in [0.29, 0.717) is 26.3 Å². The summed E-state index contributed by atoms with van der Waals surface area (Å²) < 4.78 is 18.5. The Balaban J connectivity index is 1.58. The molecule has 2 aromatic rings. The zero-order valence-electron chi connectivity index (χ0n) is 15.8. The standard InChI is InChI=1S/C20H24FN3O3S/c1-23(14-19(26)24-8-10-27-11-9-24)13-18(25)22-20(17-3-2-12-28-17)15-4-6-16(21)7-5-15/h2-7,12,20H,8-11,13-14H2,1H3,(H,22,25). The molecule has 3 rings (SSSR count). The van der Waals surface area contributed by atoms with Crippen LogP contribution in [0.15, 0.2) is 41.8 Å². The van der Waals surface area contributed by atoms with Gasteiger partial charge in [-0.3, -0.25) is 14.5 Å². The van der Waals surface area contributed by atoms with Crippen LogP contribution >= 0.6 is 11.3 Å². The van der Waals surface area contributed by atoms with Gasteiger partial charge in [-0.2, -0.15) is 0 Å². The average molecular weight is 405 g/mol. The molecule has 28 heavy (non-hydrogen) atoms. The number of hydrogen-bond donors (Lipinski definition) is 1. The maximum atomic E-state index is 13.3. The van der Waals surface area contributed by atoms with Gasteiger partial charge < -0.3 is 15.0 Å². The predicted octanol–water partition coefficient (Wildman–Crippen LogP) is 1.88. The van der Waals surface area contributed by atoms with E-state index in [1.54, 1.807) is 29.0 Å². The Morgan fingerprint density at radius 1 is 1.21 bits per heavy atom. The number of ether oxygens (including phenoxy) is 1. The number of amides is 2. The van der Waals surface area contributed by atoms with Crippen LogP contribution in [-0.4, -0.2) is 68.1 Å². The highest BCUT2D eigenvalue weighted by Gasteiger charge is 2.21. The second-order valence-electron chi connectivity index (χ2n) is 6.73. The number of carbonyl (C=O) groups excluding carboxylic acids is 2. The summed E-state index contributed by atoms with van der Waals surface area (Å²) in [6.07, 6.45) is 0. The average Bonchev–Trinajstić information content (AvgIpc) is 3.22. The topological polar surface area (TPSA) is 61.9 Å². The van der Waals surface area contributed by atoms with Crippen LogP contribution in [0.25, 0.3) is 0 Å². The van der Waals surface area contributed by atoms with Gasteiger partial charge in [0, 0.05) is 18.0 Å². The molecule has 1 aliphatic rings. The molecular weight excluding hydrogens is 381 g/mol. The van der Waals surface area contributed by atoms with Crippen LogP contribution in [0.4, 0.5) is 4.39 Å². The molecule has 1 atom stereocenters. The second kappa shape index (κ2) is 9.77. The van der Waals surface area contributed by atoms with E-state index in [0.717, 1.165) is 10.4 Å². The maximum absolute atomic E-state index is 13.3. The van der Waals surface area contributed by atoms with E-state index in [1.165, 1.54) is 23.5 Å². The van der Waals surface area contributed by atoms with Gasteiger partial charge in [-0.05, 0) is 36.2 Å². The predicted molar refractivity (Wildman–Crippen MR) is 106 cm³/mol. The van der Waals surface area contributed by atoms with Crippen molar-refractivity contribution in [2.45, 2.75) is 6.04 Å². The summed E-state index contributed by atoms with van der Waals surface area (Å²) in [5.74, 6) is -0.520. The van der Waals surface area contributed by atoms with Gasteiger partial charge in [0.15, 0.2) is 0 Å². The van der Waals surface area contributed by atoms with E-state index in [2.05, 4.69) is 5.32 Å². The first-order chi connectivity index (χ1) is 13.5. The number of thiophene rings is 1. The summed E-state index contributed by atoms with van der Waals surface area (Å²) in [7, 11) is 1.75. The molecule has 8 heteroatoms. The van der Waals surface area contributed by atoms with Gasteiger partial charge in [-0.1, -0.05) is 18.2 Å². The number of benzene rings is 1. The van der Waals surface area contributed by atoms with Gasteiger partial charge in [-0.25, -0.2) is 4.39 Å². The SMILES string of the molecule is CN(CC(=O)NC(c1ccc(F)cc1)c1cccs1)CC(=O)N1CCOCC1. The molecule has 0 saturated carbocycles. The number of halogens is 1. The van der Waals surface area contributed by atoms with E-state index >= 15 is 0 Å². The summed E-state index contributed by atoms with van der Waals surface area (Å²) in [6.45, 7) is 2.55. The number of carbonyl (C=O) groups is 2. The highest BCUT2D eigenvalue weighted by Crippen LogP contribution is 2.26. The van der Waals surface area contributed by atoms with E-state index in [9.17, 15) is 14.0 Å². The zero-order chi connectivity index (χ0) is 19.9. The number of likely N-dealkylation sites (N-methyl/N-ethyl adjacent to an activating group) is 1. The largest absolute Gasteiger partial charge is 0.378 e. The second-order valence-corrected chi connectivity index (χ2v) is 7.71. The van der Waals surface area contributed by atoms with Crippen molar-refractivity contribution in [3.8, 4) is 0 Å². The fraction of sp³-hybridized carbons (Fsp3) is 0.400. The molecular formula is C20H24FN3O3S. The van der Waals surface area contributed by atoms with Crippen molar-refractivity contribution >= 4 is 23.2 Å². The van der Waals surface area contributed by atoms with Crippen molar-refractivity contribution in [1.29, 1.82) is 0 Å². The lowest BCUT2D eigenvalue weighted by Crippen LogP contribution is -2.46. The van der Waals surface area contributed by atoms with Gasteiger partial charge in [-0.15, -0.1) is 11.3 Å². The van der Waals surface area contributed by atoms with Crippen LogP contribution in [0.1, 0.15) is 16.5 Å². The molecule has 2 amide bonds. The van der Waals surface area contributed by atoms with Gasteiger partial charge in [0.1, 0.15) is 5.82 Å². The number of nitrogens with zero attached hydrogens (tertiary/aromatic N) is 2. The normalized spacial score (nSPS) is 15.5. The Labute approximate surface area is 167 Å². The lowest BCUT2D eigenvalue weighted by atomic mass is 10.1. The summed E-state index contributed by atoms with van der Waals surface area (Å²) in [6, 6.07) is 9.61. The Hall–Kier alpha value is -2.29. The van der Waals surface area contributed by atoms with Crippen LogP contribution in [0.5, 0.6) is 0 Å². The van der Waals surface area contributed by atoms with Crippen LogP contribution in [0, 0.1) is 5.82 Å². The molecule has 0 spiro atoms. The molecule has 0 aliphatic carbocycles. The fourth-order valence-electron chi connectivity index (χ4n) is 3.08. The highest BCUT2D eigenvalue weighted by atomic mass is 32.1. The molecule has 1 aliphatic heterocycles. The molecule has 1 N–H and O–H groups in total. The number of rotatable bonds is 7. The molecule has 0 radical (unpaired) electrons. The van der Waals surface area contributed by atoms with Crippen molar-refractivity contribution in [2.75, 3.05) is 46.4 Å². The molecule has 150 valence electrons. The van der Waals surface area contributed by atoms with Crippen molar-refractivity contribution in [2.24, 2.45) is 0 Å². The Morgan fingerprint density at radius 3 is 2.57 bits per heavy atom. The third kappa shape index (κ3) is 5.60. The Morgan fingerprint density at radius 2 is 1.93 bits per heavy atom. The lowest BCUT2D eigenvalue weighted by molar-refractivity contribution is -0.136. The number of nitrogens with one attached hydrogen (secondary N) is 1. The van der Waals surface area contributed by atoms with Gasteiger partial charge >= 0.3 is 0 Å². The molecule has 1 saturated heterocycles. The van der Waals surface area contributed by atoms with Crippen molar-refractivity contribution in [3.05, 3.63) is 58.0 Å². The zero-order valence-corrected chi connectivity index (χ0v) is 16.6. The van der Waals surface area contributed by atoms with Crippen LogP contribution in [0.3, 0.4) is 0 Å². The summed E-state index contributed by atoms with van der Waals surface area (Å²) >= 11 is 1.53. The highest BCUT2D eigenvalue weighted by molar-refractivity contribution is 7.10. The van der Waals surface area contributed by atoms with E-state index < -0.39 is 0 Å². The first kappa shape index (κ1) is 20.4. The van der Waals surface area contributed by atoms with Gasteiger partial charge in [0.2, 0.25) is 11.8 Å². The van der Waals surface area contributed by atoms with Crippen LogP contribution in [0.2, 0.25) is 0 Å². The summed E-state index contributed by atoms with van der Waals surface area (Å²) in [4.78, 5) is 29.3.